The molecule has 1 aliphatic rings. The van der Waals surface area contributed by atoms with Crippen molar-refractivity contribution in [2.24, 2.45) is 0 Å². The standard InChI is InChI=1S/C19H21BrN2O4S/c1-26-16-8-6-15(7-9-16)21-19(23)14-5-10-17(20)18(13-14)27(24,25)22-11-3-2-4-12-22/h5-10,13H,2-4,11-12H2,1H3,(H,21,23). The maximum atomic E-state index is 13.0. The van der Waals surface area contributed by atoms with Crippen LogP contribution in [-0.4, -0.2) is 38.8 Å². The Labute approximate surface area is 167 Å². The van der Waals surface area contributed by atoms with Gasteiger partial charge in [0.15, 0.2) is 0 Å². The zero-order valence-electron chi connectivity index (χ0n) is 14.9. The van der Waals surface area contributed by atoms with Crippen molar-refractivity contribution in [1.82, 2.24) is 4.31 Å². The van der Waals surface area contributed by atoms with Gasteiger partial charge in [-0.2, -0.15) is 4.31 Å². The lowest BCUT2D eigenvalue weighted by Gasteiger charge is -2.26. The maximum Gasteiger partial charge on any atom is 0.255 e. The van der Waals surface area contributed by atoms with Crippen molar-refractivity contribution in [2.75, 3.05) is 25.5 Å². The number of hydrogen-bond acceptors (Lipinski definition) is 4. The van der Waals surface area contributed by atoms with E-state index >= 15 is 0 Å². The fourth-order valence-corrected chi connectivity index (χ4v) is 5.43. The van der Waals surface area contributed by atoms with Crippen LogP contribution in [-0.2, 0) is 10.0 Å². The van der Waals surface area contributed by atoms with Gasteiger partial charge in [0.1, 0.15) is 5.75 Å². The summed E-state index contributed by atoms with van der Waals surface area (Å²) in [5.74, 6) is 0.314. The topological polar surface area (TPSA) is 75.7 Å². The Morgan fingerprint density at radius 2 is 1.74 bits per heavy atom. The van der Waals surface area contributed by atoms with Gasteiger partial charge >= 0.3 is 0 Å². The summed E-state index contributed by atoms with van der Waals surface area (Å²) in [4.78, 5) is 12.7. The summed E-state index contributed by atoms with van der Waals surface area (Å²) in [5, 5.41) is 2.77. The molecule has 0 bridgehead atoms. The molecule has 1 heterocycles. The largest absolute Gasteiger partial charge is 0.497 e. The lowest BCUT2D eigenvalue weighted by molar-refractivity contribution is 0.102. The molecular weight excluding hydrogens is 432 g/mol. The number of carbonyl (C=O) groups excluding carboxylic acids is 1. The third-order valence-corrected chi connectivity index (χ3v) is 7.37. The number of hydrogen-bond donors (Lipinski definition) is 1. The Morgan fingerprint density at radius 1 is 1.07 bits per heavy atom. The van der Waals surface area contributed by atoms with Crippen LogP contribution in [0.3, 0.4) is 0 Å². The van der Waals surface area contributed by atoms with Gasteiger partial charge < -0.3 is 10.1 Å². The lowest BCUT2D eigenvalue weighted by Crippen LogP contribution is -2.35. The van der Waals surface area contributed by atoms with E-state index in [9.17, 15) is 13.2 Å². The van der Waals surface area contributed by atoms with Gasteiger partial charge in [-0.25, -0.2) is 8.42 Å². The molecule has 1 fully saturated rings. The van der Waals surface area contributed by atoms with Crippen molar-refractivity contribution >= 4 is 37.5 Å². The molecule has 2 aromatic carbocycles. The first-order chi connectivity index (χ1) is 12.9. The molecule has 0 atom stereocenters. The third-order valence-electron chi connectivity index (χ3n) is 4.47. The molecule has 0 aromatic heterocycles. The van der Waals surface area contributed by atoms with Gasteiger partial charge in [-0.1, -0.05) is 6.42 Å². The number of ether oxygens (including phenoxy) is 1. The van der Waals surface area contributed by atoms with E-state index in [1.54, 1.807) is 43.5 Å². The van der Waals surface area contributed by atoms with Crippen LogP contribution >= 0.6 is 15.9 Å². The minimum Gasteiger partial charge on any atom is -0.497 e. The number of piperidine rings is 1. The van der Waals surface area contributed by atoms with Crippen LogP contribution in [0.1, 0.15) is 29.6 Å². The highest BCUT2D eigenvalue weighted by Crippen LogP contribution is 2.28. The molecule has 0 spiro atoms. The van der Waals surface area contributed by atoms with Gasteiger partial charge in [0.25, 0.3) is 5.91 Å². The van der Waals surface area contributed by atoms with Gasteiger partial charge in [0.2, 0.25) is 10.0 Å². The van der Waals surface area contributed by atoms with Crippen LogP contribution in [0.15, 0.2) is 51.8 Å². The van der Waals surface area contributed by atoms with E-state index < -0.39 is 10.0 Å². The molecule has 1 aliphatic heterocycles. The molecule has 0 saturated carbocycles. The highest BCUT2D eigenvalue weighted by Gasteiger charge is 2.28. The second-order valence-electron chi connectivity index (χ2n) is 6.29. The summed E-state index contributed by atoms with van der Waals surface area (Å²) >= 11 is 3.31. The molecule has 144 valence electrons. The summed E-state index contributed by atoms with van der Waals surface area (Å²) in [6.45, 7) is 1.02. The summed E-state index contributed by atoms with van der Waals surface area (Å²) in [6.07, 6.45) is 2.75. The SMILES string of the molecule is COc1ccc(NC(=O)c2ccc(Br)c(S(=O)(=O)N3CCCCC3)c2)cc1. The predicted molar refractivity (Wildman–Crippen MR) is 108 cm³/mol. The van der Waals surface area contributed by atoms with Crippen molar-refractivity contribution in [1.29, 1.82) is 0 Å². The molecule has 1 amide bonds. The van der Waals surface area contributed by atoms with Crippen LogP contribution in [0.4, 0.5) is 5.69 Å². The quantitative estimate of drug-likeness (QED) is 0.746. The fraction of sp³-hybridized carbons (Fsp3) is 0.316. The van der Waals surface area contributed by atoms with Crippen molar-refractivity contribution in [2.45, 2.75) is 24.2 Å². The molecule has 0 radical (unpaired) electrons. The number of anilines is 1. The van der Waals surface area contributed by atoms with E-state index in [4.69, 9.17) is 4.74 Å². The zero-order chi connectivity index (χ0) is 19.4. The first kappa shape index (κ1) is 19.9. The number of nitrogens with zero attached hydrogens (tertiary/aromatic N) is 1. The minimum absolute atomic E-state index is 0.117. The molecule has 3 rings (SSSR count). The van der Waals surface area contributed by atoms with E-state index in [1.165, 1.54) is 10.4 Å². The second kappa shape index (κ2) is 8.41. The zero-order valence-corrected chi connectivity index (χ0v) is 17.3. The number of nitrogens with one attached hydrogen (secondary N) is 1. The average molecular weight is 453 g/mol. The summed E-state index contributed by atoms with van der Waals surface area (Å²) in [6, 6.07) is 11.5. The predicted octanol–water partition coefficient (Wildman–Crippen LogP) is 3.88. The van der Waals surface area contributed by atoms with Crippen LogP contribution in [0, 0.1) is 0 Å². The lowest BCUT2D eigenvalue weighted by atomic mass is 10.2. The first-order valence-corrected chi connectivity index (χ1v) is 10.9. The van der Waals surface area contributed by atoms with Crippen molar-refractivity contribution in [3.8, 4) is 5.75 Å². The molecular formula is C19H21BrN2O4S. The second-order valence-corrected chi connectivity index (χ2v) is 9.05. The Bertz CT molecular complexity index is 923. The first-order valence-electron chi connectivity index (χ1n) is 8.67. The van der Waals surface area contributed by atoms with Crippen molar-refractivity contribution < 1.29 is 17.9 Å². The summed E-state index contributed by atoms with van der Waals surface area (Å²) in [7, 11) is -2.07. The van der Waals surface area contributed by atoms with E-state index in [0.29, 0.717) is 29.0 Å². The summed E-state index contributed by atoms with van der Waals surface area (Å²) in [5.41, 5.74) is 0.883. The highest BCUT2D eigenvalue weighted by atomic mass is 79.9. The number of methoxy groups -OCH3 is 1. The van der Waals surface area contributed by atoms with Crippen molar-refractivity contribution in [3.63, 3.8) is 0 Å². The molecule has 27 heavy (non-hydrogen) atoms. The molecule has 6 nitrogen and oxygen atoms in total. The number of carbonyl (C=O) groups is 1. The molecule has 1 N–H and O–H groups in total. The normalized spacial score (nSPS) is 15.3. The third kappa shape index (κ3) is 4.51. The van der Waals surface area contributed by atoms with Gasteiger partial charge in [-0.05, 0) is 71.2 Å². The van der Waals surface area contributed by atoms with Gasteiger partial charge in [0, 0.05) is 28.8 Å². The van der Waals surface area contributed by atoms with Crippen molar-refractivity contribution in [3.05, 3.63) is 52.5 Å². The number of rotatable bonds is 5. The van der Waals surface area contributed by atoms with Crippen LogP contribution in [0.5, 0.6) is 5.75 Å². The van der Waals surface area contributed by atoms with Gasteiger partial charge in [-0.3, -0.25) is 4.79 Å². The van der Waals surface area contributed by atoms with E-state index in [2.05, 4.69) is 21.2 Å². The van der Waals surface area contributed by atoms with E-state index in [0.717, 1.165) is 19.3 Å². The van der Waals surface area contributed by atoms with Gasteiger partial charge in [-0.15, -0.1) is 0 Å². The van der Waals surface area contributed by atoms with E-state index in [1.807, 2.05) is 0 Å². The number of halogens is 1. The molecule has 2 aromatic rings. The Hall–Kier alpha value is -1.90. The number of amides is 1. The fourth-order valence-electron chi connectivity index (χ4n) is 2.96. The van der Waals surface area contributed by atoms with Crippen LogP contribution < -0.4 is 10.1 Å². The van der Waals surface area contributed by atoms with E-state index in [-0.39, 0.29) is 16.4 Å². The molecule has 8 heteroatoms. The smallest absolute Gasteiger partial charge is 0.255 e. The number of benzene rings is 2. The van der Waals surface area contributed by atoms with Crippen LogP contribution in [0.25, 0.3) is 0 Å². The average Bonchev–Trinajstić information content (AvgIpc) is 2.69. The minimum atomic E-state index is -3.64. The van der Waals surface area contributed by atoms with Crippen LogP contribution in [0.2, 0.25) is 0 Å². The number of sulfonamides is 1. The monoisotopic (exact) mass is 452 g/mol. The Balaban J connectivity index is 1.84. The highest BCUT2D eigenvalue weighted by molar-refractivity contribution is 9.10. The van der Waals surface area contributed by atoms with Gasteiger partial charge in [0.05, 0.1) is 12.0 Å². The molecule has 0 unspecified atom stereocenters. The summed E-state index contributed by atoms with van der Waals surface area (Å²) < 4.78 is 33.0. The maximum absolute atomic E-state index is 13.0. The Morgan fingerprint density at radius 3 is 2.37 bits per heavy atom. The Kier molecular flexibility index (Phi) is 6.18. The molecule has 0 aliphatic carbocycles. The molecule has 1 saturated heterocycles.